The van der Waals surface area contributed by atoms with Crippen LogP contribution in [0.15, 0.2) is 0 Å². The van der Waals surface area contributed by atoms with Crippen molar-refractivity contribution in [2.24, 2.45) is 5.73 Å². The van der Waals surface area contributed by atoms with Gasteiger partial charge >= 0.3 is 0 Å². The summed E-state index contributed by atoms with van der Waals surface area (Å²) < 4.78 is 0. The van der Waals surface area contributed by atoms with Crippen molar-refractivity contribution < 1.29 is 4.79 Å². The quantitative estimate of drug-likeness (QED) is 0.629. The molecule has 0 radical (unpaired) electrons. The van der Waals surface area contributed by atoms with Gasteiger partial charge in [-0.2, -0.15) is 0 Å². The Bertz CT molecular complexity index is 204. The number of carbonyl (C=O) groups is 1. The summed E-state index contributed by atoms with van der Waals surface area (Å²) in [6.07, 6.45) is 2.62. The topological polar surface area (TPSA) is 58.4 Å². The average Bonchev–Trinajstić information content (AvgIpc) is 2.95. The largest absolute Gasteiger partial charge is 0.368 e. The molecule has 1 amide bonds. The van der Waals surface area contributed by atoms with Gasteiger partial charge in [0.15, 0.2) is 0 Å². The predicted octanol–water partition coefficient (Wildman–Crippen LogP) is -0.0675. The molecule has 1 rings (SSSR count). The van der Waals surface area contributed by atoms with E-state index >= 15 is 0 Å². The minimum absolute atomic E-state index is 0.231. The predicted molar refractivity (Wildman–Crippen MR) is 56.9 cm³/mol. The number of rotatable bonds is 6. The third-order valence-corrected chi connectivity index (χ3v) is 2.96. The summed E-state index contributed by atoms with van der Waals surface area (Å²) in [5, 5.41) is 3.13. The summed E-state index contributed by atoms with van der Waals surface area (Å²) >= 11 is 0. The molecule has 2 atom stereocenters. The Kier molecular flexibility index (Phi) is 3.89. The highest BCUT2D eigenvalue weighted by Crippen LogP contribution is 2.26. The number of carbonyl (C=O) groups excluding carboxylic acids is 1. The fourth-order valence-corrected chi connectivity index (χ4v) is 1.43. The SMILES string of the molecule is CC(NCC(C)N(C)C1CC1)C(N)=O. The molecule has 1 aliphatic rings. The minimum atomic E-state index is -0.286. The van der Waals surface area contributed by atoms with Crippen LogP contribution in [0.1, 0.15) is 26.7 Å². The van der Waals surface area contributed by atoms with E-state index in [1.807, 2.05) is 0 Å². The number of likely N-dealkylation sites (N-methyl/N-ethyl adjacent to an activating group) is 1. The lowest BCUT2D eigenvalue weighted by molar-refractivity contribution is -0.119. The molecule has 0 aromatic rings. The average molecular weight is 199 g/mol. The summed E-state index contributed by atoms with van der Waals surface area (Å²) in [6.45, 7) is 4.78. The van der Waals surface area contributed by atoms with Crippen LogP contribution in [0.4, 0.5) is 0 Å². The van der Waals surface area contributed by atoms with Crippen LogP contribution in [-0.4, -0.2) is 42.5 Å². The molecule has 1 fully saturated rings. The van der Waals surface area contributed by atoms with Crippen LogP contribution in [0.25, 0.3) is 0 Å². The van der Waals surface area contributed by atoms with Gasteiger partial charge in [-0.3, -0.25) is 9.69 Å². The van der Waals surface area contributed by atoms with Gasteiger partial charge in [0.25, 0.3) is 0 Å². The number of nitrogens with one attached hydrogen (secondary N) is 1. The molecule has 14 heavy (non-hydrogen) atoms. The Labute approximate surface area is 85.8 Å². The molecule has 0 bridgehead atoms. The fraction of sp³-hybridized carbons (Fsp3) is 0.900. The van der Waals surface area contributed by atoms with Crippen LogP contribution in [0, 0.1) is 0 Å². The van der Waals surface area contributed by atoms with Gasteiger partial charge in [0.1, 0.15) is 0 Å². The molecule has 0 heterocycles. The Morgan fingerprint density at radius 3 is 2.57 bits per heavy atom. The van der Waals surface area contributed by atoms with E-state index < -0.39 is 0 Å². The Morgan fingerprint density at radius 1 is 1.57 bits per heavy atom. The van der Waals surface area contributed by atoms with Gasteiger partial charge in [0, 0.05) is 18.6 Å². The van der Waals surface area contributed by atoms with E-state index in [1.54, 1.807) is 6.92 Å². The van der Waals surface area contributed by atoms with Gasteiger partial charge in [0.05, 0.1) is 6.04 Å². The van der Waals surface area contributed by atoms with E-state index in [2.05, 4.69) is 24.2 Å². The molecule has 4 nitrogen and oxygen atoms in total. The number of hydrogen-bond acceptors (Lipinski definition) is 3. The molecule has 3 N–H and O–H groups in total. The second kappa shape index (κ2) is 4.75. The molecule has 4 heteroatoms. The van der Waals surface area contributed by atoms with Crippen molar-refractivity contribution in [2.45, 2.75) is 44.8 Å². The van der Waals surface area contributed by atoms with Crippen LogP contribution in [0.3, 0.4) is 0 Å². The molecule has 82 valence electrons. The number of hydrogen-bond donors (Lipinski definition) is 2. The molecule has 1 aliphatic carbocycles. The first-order valence-electron chi connectivity index (χ1n) is 5.27. The lowest BCUT2D eigenvalue weighted by atomic mass is 10.2. The van der Waals surface area contributed by atoms with Crippen molar-refractivity contribution in [3.05, 3.63) is 0 Å². The number of amides is 1. The summed E-state index contributed by atoms with van der Waals surface area (Å²) in [5.41, 5.74) is 5.16. The molecular weight excluding hydrogens is 178 g/mol. The van der Waals surface area contributed by atoms with Crippen molar-refractivity contribution in [1.29, 1.82) is 0 Å². The van der Waals surface area contributed by atoms with Crippen molar-refractivity contribution in [2.75, 3.05) is 13.6 Å². The van der Waals surface area contributed by atoms with E-state index in [0.717, 1.165) is 12.6 Å². The molecule has 0 aromatic carbocycles. The van der Waals surface area contributed by atoms with E-state index in [-0.39, 0.29) is 11.9 Å². The number of nitrogens with zero attached hydrogens (tertiary/aromatic N) is 1. The molecule has 0 spiro atoms. The standard InChI is InChI=1S/C10H21N3O/c1-7(13(3)9-4-5-9)6-12-8(2)10(11)14/h7-9,12H,4-6H2,1-3H3,(H2,11,14). The van der Waals surface area contributed by atoms with Crippen LogP contribution in [-0.2, 0) is 4.79 Å². The Hall–Kier alpha value is -0.610. The van der Waals surface area contributed by atoms with Crippen LogP contribution >= 0.6 is 0 Å². The molecule has 0 saturated heterocycles. The zero-order valence-electron chi connectivity index (χ0n) is 9.29. The normalized spacial score (nSPS) is 20.9. The zero-order valence-corrected chi connectivity index (χ0v) is 9.29. The van der Waals surface area contributed by atoms with Gasteiger partial charge < -0.3 is 11.1 Å². The monoisotopic (exact) mass is 199 g/mol. The second-order valence-electron chi connectivity index (χ2n) is 4.28. The summed E-state index contributed by atoms with van der Waals surface area (Å²) in [4.78, 5) is 13.1. The summed E-state index contributed by atoms with van der Waals surface area (Å²) in [6, 6.07) is 0.991. The Morgan fingerprint density at radius 2 is 2.14 bits per heavy atom. The summed E-state index contributed by atoms with van der Waals surface area (Å²) in [7, 11) is 2.14. The highest BCUT2D eigenvalue weighted by atomic mass is 16.1. The van der Waals surface area contributed by atoms with Crippen molar-refractivity contribution >= 4 is 5.91 Å². The number of primary amides is 1. The van der Waals surface area contributed by atoms with Gasteiger partial charge in [0.2, 0.25) is 5.91 Å². The lowest BCUT2D eigenvalue weighted by Crippen LogP contribution is -2.46. The third-order valence-electron chi connectivity index (χ3n) is 2.96. The van der Waals surface area contributed by atoms with Crippen LogP contribution in [0.2, 0.25) is 0 Å². The first kappa shape index (κ1) is 11.5. The van der Waals surface area contributed by atoms with Gasteiger partial charge in [-0.05, 0) is 33.7 Å². The van der Waals surface area contributed by atoms with Crippen molar-refractivity contribution in [3.8, 4) is 0 Å². The molecular formula is C10H21N3O. The fourth-order valence-electron chi connectivity index (χ4n) is 1.43. The van der Waals surface area contributed by atoms with Crippen molar-refractivity contribution in [3.63, 3.8) is 0 Å². The molecule has 0 aliphatic heterocycles. The van der Waals surface area contributed by atoms with Crippen LogP contribution in [0.5, 0.6) is 0 Å². The van der Waals surface area contributed by atoms with Gasteiger partial charge in [-0.25, -0.2) is 0 Å². The molecule has 2 unspecified atom stereocenters. The maximum Gasteiger partial charge on any atom is 0.234 e. The first-order valence-corrected chi connectivity index (χ1v) is 5.27. The van der Waals surface area contributed by atoms with Crippen molar-refractivity contribution in [1.82, 2.24) is 10.2 Å². The maximum absolute atomic E-state index is 10.8. The van der Waals surface area contributed by atoms with Gasteiger partial charge in [-0.1, -0.05) is 0 Å². The highest BCUT2D eigenvalue weighted by Gasteiger charge is 2.29. The zero-order chi connectivity index (χ0) is 10.7. The Balaban J connectivity index is 2.19. The van der Waals surface area contributed by atoms with Gasteiger partial charge in [-0.15, -0.1) is 0 Å². The summed E-state index contributed by atoms with van der Waals surface area (Å²) in [5.74, 6) is -0.286. The van der Waals surface area contributed by atoms with E-state index in [9.17, 15) is 4.79 Å². The highest BCUT2D eigenvalue weighted by molar-refractivity contribution is 5.79. The molecule has 0 aromatic heterocycles. The second-order valence-corrected chi connectivity index (χ2v) is 4.28. The maximum atomic E-state index is 10.8. The van der Waals surface area contributed by atoms with E-state index in [0.29, 0.717) is 6.04 Å². The number of nitrogens with two attached hydrogens (primary N) is 1. The van der Waals surface area contributed by atoms with Crippen LogP contribution < -0.4 is 11.1 Å². The van der Waals surface area contributed by atoms with E-state index in [1.165, 1.54) is 12.8 Å². The third kappa shape index (κ3) is 3.27. The minimum Gasteiger partial charge on any atom is -0.368 e. The smallest absolute Gasteiger partial charge is 0.234 e. The molecule has 1 saturated carbocycles. The first-order chi connectivity index (χ1) is 6.52. The van der Waals surface area contributed by atoms with E-state index in [4.69, 9.17) is 5.73 Å². The lowest BCUT2D eigenvalue weighted by Gasteiger charge is -2.25.